The molecular formula is C15H12F2LiN3O3. The average Bonchev–Trinajstić information content (AvgIpc) is 2.50. The summed E-state index contributed by atoms with van der Waals surface area (Å²) in [5.74, 6) is -3.12. The molecule has 0 amide bonds. The first-order chi connectivity index (χ1) is 10.5. The number of aliphatic carboxylic acids is 1. The van der Waals surface area contributed by atoms with Gasteiger partial charge in [0, 0.05) is 10.8 Å². The van der Waals surface area contributed by atoms with Gasteiger partial charge in [0.05, 0.1) is 0 Å². The van der Waals surface area contributed by atoms with Crippen LogP contribution in [-0.4, -0.2) is 22.6 Å². The van der Waals surface area contributed by atoms with Crippen LogP contribution in [0.2, 0.25) is 0 Å². The van der Waals surface area contributed by atoms with Gasteiger partial charge in [-0.3, -0.25) is 4.79 Å². The minimum absolute atomic E-state index is 0. The molecule has 0 saturated carbocycles. The minimum Gasteiger partial charge on any atom is -0.870 e. The fourth-order valence-corrected chi connectivity index (χ4v) is 2.21. The monoisotopic (exact) mass is 327 g/mol. The Morgan fingerprint density at radius 1 is 1.00 bits per heavy atom. The third kappa shape index (κ3) is 5.08. The molecule has 120 valence electrons. The number of nitrogens with zero attached hydrogens (tertiary/aromatic N) is 3. The van der Waals surface area contributed by atoms with Crippen molar-refractivity contribution in [3.05, 3.63) is 81.7 Å². The molecule has 0 unspecified atom stereocenters. The topological polar surface area (TPSA) is 116 Å². The van der Waals surface area contributed by atoms with Gasteiger partial charge in [-0.05, 0) is 40.9 Å². The summed E-state index contributed by atoms with van der Waals surface area (Å²) in [6.45, 7) is 0. The summed E-state index contributed by atoms with van der Waals surface area (Å²) in [6, 6.07) is 8.93. The molecule has 9 heteroatoms. The van der Waals surface area contributed by atoms with Gasteiger partial charge in [0.1, 0.15) is 17.7 Å². The molecular weight excluding hydrogens is 315 g/mol. The fourth-order valence-electron chi connectivity index (χ4n) is 2.21. The first kappa shape index (κ1) is 21.6. The molecule has 2 aromatic rings. The van der Waals surface area contributed by atoms with Crippen LogP contribution >= 0.6 is 0 Å². The van der Waals surface area contributed by atoms with Crippen molar-refractivity contribution in [2.45, 2.75) is 12.0 Å². The SMILES string of the molecule is [Li+].[N-]=[N+]=N[C@H](C(=O)O)C(c1ccc(F)cc1)c1ccc(F)cc1.[OH-]. The third-order valence-electron chi connectivity index (χ3n) is 3.20. The van der Waals surface area contributed by atoms with Crippen LogP contribution in [0.1, 0.15) is 17.0 Å². The summed E-state index contributed by atoms with van der Waals surface area (Å²) in [4.78, 5) is 14.0. The number of carbonyl (C=O) groups is 1. The second kappa shape index (κ2) is 9.70. The summed E-state index contributed by atoms with van der Waals surface area (Å²) in [5, 5.41) is 12.6. The van der Waals surface area contributed by atoms with E-state index in [0.29, 0.717) is 11.1 Å². The Balaban J connectivity index is 0.00000264. The van der Waals surface area contributed by atoms with Crippen molar-refractivity contribution >= 4 is 5.97 Å². The largest absolute Gasteiger partial charge is 1.00 e. The van der Waals surface area contributed by atoms with Gasteiger partial charge in [-0.25, -0.2) is 8.78 Å². The molecule has 1 atom stereocenters. The predicted octanol–water partition coefficient (Wildman–Crippen LogP) is 0.687. The van der Waals surface area contributed by atoms with E-state index in [-0.39, 0.29) is 24.3 Å². The van der Waals surface area contributed by atoms with E-state index in [1.807, 2.05) is 0 Å². The maximum atomic E-state index is 13.1. The molecule has 6 nitrogen and oxygen atoms in total. The van der Waals surface area contributed by atoms with E-state index in [9.17, 15) is 18.7 Å². The molecule has 2 N–H and O–H groups in total. The molecule has 0 radical (unpaired) electrons. The van der Waals surface area contributed by atoms with Crippen LogP contribution in [0.5, 0.6) is 0 Å². The Bertz CT molecular complexity index is 672. The normalized spacial score (nSPS) is 10.8. The van der Waals surface area contributed by atoms with E-state index in [1.54, 1.807) is 0 Å². The van der Waals surface area contributed by atoms with Crippen molar-refractivity contribution in [1.82, 2.24) is 0 Å². The number of azide groups is 1. The fraction of sp³-hybridized carbons (Fsp3) is 0.133. The summed E-state index contributed by atoms with van der Waals surface area (Å²) >= 11 is 0. The zero-order valence-electron chi connectivity index (χ0n) is 12.7. The second-order valence-electron chi connectivity index (χ2n) is 4.57. The molecule has 0 aliphatic rings. The number of carboxylic acid groups (broad SMARTS) is 1. The molecule has 2 aromatic carbocycles. The number of benzene rings is 2. The van der Waals surface area contributed by atoms with Crippen LogP contribution in [0.15, 0.2) is 53.6 Å². The van der Waals surface area contributed by atoms with Gasteiger partial charge >= 0.3 is 24.8 Å². The molecule has 2 rings (SSSR count). The molecule has 0 heterocycles. The van der Waals surface area contributed by atoms with Crippen molar-refractivity contribution < 1.29 is 43.0 Å². The van der Waals surface area contributed by atoms with Gasteiger partial charge in [-0.2, -0.15) is 0 Å². The van der Waals surface area contributed by atoms with Crippen molar-refractivity contribution in [3.63, 3.8) is 0 Å². The third-order valence-corrected chi connectivity index (χ3v) is 3.20. The number of hydrogen-bond acceptors (Lipinski definition) is 3. The van der Waals surface area contributed by atoms with Gasteiger partial charge in [0.15, 0.2) is 0 Å². The molecule has 0 bridgehead atoms. The second-order valence-corrected chi connectivity index (χ2v) is 4.57. The van der Waals surface area contributed by atoms with Crippen molar-refractivity contribution in [2.24, 2.45) is 5.11 Å². The van der Waals surface area contributed by atoms with Gasteiger partial charge in [0.2, 0.25) is 0 Å². The zero-order valence-corrected chi connectivity index (χ0v) is 12.7. The van der Waals surface area contributed by atoms with Crippen molar-refractivity contribution in [2.75, 3.05) is 0 Å². The van der Waals surface area contributed by atoms with Gasteiger partial charge in [0.25, 0.3) is 0 Å². The van der Waals surface area contributed by atoms with Crippen LogP contribution in [-0.2, 0) is 4.79 Å². The van der Waals surface area contributed by atoms with Crippen molar-refractivity contribution in [3.8, 4) is 0 Å². The molecule has 0 spiro atoms. The molecule has 0 saturated heterocycles. The van der Waals surface area contributed by atoms with Crippen LogP contribution in [0.3, 0.4) is 0 Å². The minimum atomic E-state index is -1.43. The molecule has 0 fully saturated rings. The van der Waals surface area contributed by atoms with Gasteiger partial charge < -0.3 is 10.6 Å². The van der Waals surface area contributed by atoms with Crippen molar-refractivity contribution in [1.29, 1.82) is 0 Å². The maximum absolute atomic E-state index is 13.1. The standard InChI is InChI=1S/C15H11F2N3O2.Li.H2O/c16-11-5-1-9(2-6-11)13(14(15(21)22)19-20-18)10-3-7-12(17)8-4-10;;/h1-8,13-14H,(H,21,22);;1H2/q;+1;/p-1/t14-;;/m0../s1. The number of hydrogen-bond donors (Lipinski definition) is 1. The maximum Gasteiger partial charge on any atom is 1.00 e. The number of carboxylic acids is 1. The molecule has 24 heavy (non-hydrogen) atoms. The van der Waals surface area contributed by atoms with Gasteiger partial charge in [-0.1, -0.05) is 29.4 Å². The average molecular weight is 327 g/mol. The number of rotatable bonds is 5. The quantitative estimate of drug-likeness (QED) is 0.377. The predicted molar refractivity (Wildman–Crippen MR) is 77.1 cm³/mol. The Kier molecular flexibility index (Phi) is 8.75. The Labute approximate surface area is 148 Å². The molecule has 0 aromatic heterocycles. The van der Waals surface area contributed by atoms with Crippen LogP contribution in [0, 0.1) is 11.6 Å². The summed E-state index contributed by atoms with van der Waals surface area (Å²) in [7, 11) is 0. The Hall–Kier alpha value is -2.36. The zero-order chi connectivity index (χ0) is 16.1. The van der Waals surface area contributed by atoms with E-state index in [4.69, 9.17) is 5.53 Å². The van der Waals surface area contributed by atoms with E-state index < -0.39 is 29.6 Å². The summed E-state index contributed by atoms with van der Waals surface area (Å²) in [6.07, 6.45) is 0. The summed E-state index contributed by atoms with van der Waals surface area (Å²) < 4.78 is 26.1. The van der Waals surface area contributed by atoms with E-state index in [1.165, 1.54) is 48.5 Å². The van der Waals surface area contributed by atoms with Crippen LogP contribution < -0.4 is 18.9 Å². The smallest absolute Gasteiger partial charge is 0.870 e. The Morgan fingerprint density at radius 3 is 1.67 bits per heavy atom. The molecule has 0 aliphatic carbocycles. The number of halogens is 2. The summed E-state index contributed by atoms with van der Waals surface area (Å²) in [5.41, 5.74) is 9.49. The van der Waals surface area contributed by atoms with Crippen LogP contribution in [0.4, 0.5) is 8.78 Å². The first-order valence-electron chi connectivity index (χ1n) is 6.31. The van der Waals surface area contributed by atoms with Gasteiger partial charge in [-0.15, -0.1) is 0 Å². The van der Waals surface area contributed by atoms with E-state index >= 15 is 0 Å². The first-order valence-corrected chi connectivity index (χ1v) is 6.31. The van der Waals surface area contributed by atoms with E-state index in [2.05, 4.69) is 10.0 Å². The Morgan fingerprint density at radius 2 is 1.38 bits per heavy atom. The van der Waals surface area contributed by atoms with Crippen LogP contribution in [0.25, 0.3) is 10.4 Å². The molecule has 0 aliphatic heterocycles. The van der Waals surface area contributed by atoms with E-state index in [0.717, 1.165) is 0 Å².